The van der Waals surface area contributed by atoms with Crippen LogP contribution in [0.5, 0.6) is 0 Å². The first-order valence-electron chi connectivity index (χ1n) is 8.39. The van der Waals surface area contributed by atoms with Gasteiger partial charge < -0.3 is 19.7 Å². The lowest BCUT2D eigenvalue weighted by molar-refractivity contribution is -0.129. The van der Waals surface area contributed by atoms with Gasteiger partial charge in [0.05, 0.1) is 18.6 Å². The van der Waals surface area contributed by atoms with Gasteiger partial charge in [0.15, 0.2) is 0 Å². The summed E-state index contributed by atoms with van der Waals surface area (Å²) in [5.41, 5.74) is 0.795. The third-order valence-electron chi connectivity index (χ3n) is 4.35. The molecule has 1 aromatic rings. The van der Waals surface area contributed by atoms with Gasteiger partial charge in [-0.05, 0) is 18.1 Å². The number of likely N-dealkylation sites (tertiary alicyclic amines) is 1. The highest BCUT2D eigenvalue weighted by Gasteiger charge is 2.44. The van der Waals surface area contributed by atoms with Crippen molar-refractivity contribution in [3.8, 4) is 0 Å². The van der Waals surface area contributed by atoms with Crippen LogP contribution in [0.2, 0.25) is 5.02 Å². The van der Waals surface area contributed by atoms with E-state index in [9.17, 15) is 9.59 Å². The molecule has 0 radical (unpaired) electrons. The maximum Gasteiger partial charge on any atom is 0.226 e. The second kappa shape index (κ2) is 9.75. The SMILES string of the molecule is COCCCNC(=O)[C@@H]1CC(=O)N(CCOC)[C@H]1c1ccccc1Cl. The van der Waals surface area contributed by atoms with Crippen molar-refractivity contribution in [1.29, 1.82) is 0 Å². The summed E-state index contributed by atoms with van der Waals surface area (Å²) in [5, 5.41) is 3.46. The molecule has 1 N–H and O–H groups in total. The molecule has 2 amide bonds. The van der Waals surface area contributed by atoms with Gasteiger partial charge in [0.25, 0.3) is 0 Å². The normalized spacial score (nSPS) is 20.1. The van der Waals surface area contributed by atoms with E-state index in [2.05, 4.69) is 5.32 Å². The Morgan fingerprint density at radius 1 is 1.28 bits per heavy atom. The van der Waals surface area contributed by atoms with Gasteiger partial charge in [-0.1, -0.05) is 29.8 Å². The van der Waals surface area contributed by atoms with E-state index in [0.717, 1.165) is 12.0 Å². The maximum atomic E-state index is 12.7. The molecule has 7 heteroatoms. The van der Waals surface area contributed by atoms with Gasteiger partial charge in [-0.2, -0.15) is 0 Å². The Bertz CT molecular complexity index is 596. The van der Waals surface area contributed by atoms with E-state index < -0.39 is 5.92 Å². The molecule has 138 valence electrons. The zero-order valence-corrected chi connectivity index (χ0v) is 15.4. The zero-order chi connectivity index (χ0) is 18.2. The van der Waals surface area contributed by atoms with Gasteiger partial charge in [0, 0.05) is 45.4 Å². The van der Waals surface area contributed by atoms with Crippen LogP contribution in [0.4, 0.5) is 0 Å². The van der Waals surface area contributed by atoms with Crippen LogP contribution < -0.4 is 5.32 Å². The number of halogens is 1. The molecule has 2 rings (SSSR count). The topological polar surface area (TPSA) is 67.9 Å². The molecule has 0 spiro atoms. The predicted octanol–water partition coefficient (Wildman–Crippen LogP) is 2.03. The molecule has 1 aliphatic rings. The molecule has 1 aromatic carbocycles. The molecule has 1 saturated heterocycles. The molecule has 1 aliphatic heterocycles. The summed E-state index contributed by atoms with van der Waals surface area (Å²) in [6.45, 7) is 1.94. The van der Waals surface area contributed by atoms with Gasteiger partial charge >= 0.3 is 0 Å². The highest BCUT2D eigenvalue weighted by Crippen LogP contribution is 2.40. The minimum absolute atomic E-state index is 0.0565. The van der Waals surface area contributed by atoms with Crippen LogP contribution in [-0.4, -0.2) is 57.2 Å². The first-order valence-corrected chi connectivity index (χ1v) is 8.77. The predicted molar refractivity (Wildman–Crippen MR) is 95.4 cm³/mol. The van der Waals surface area contributed by atoms with Gasteiger partial charge in [-0.25, -0.2) is 0 Å². The Morgan fingerprint density at radius 3 is 2.68 bits per heavy atom. The average Bonchev–Trinajstić information content (AvgIpc) is 2.93. The van der Waals surface area contributed by atoms with Gasteiger partial charge in [-0.3, -0.25) is 9.59 Å². The summed E-state index contributed by atoms with van der Waals surface area (Å²) in [6, 6.07) is 6.98. The molecular formula is C18H25ClN2O4. The lowest BCUT2D eigenvalue weighted by Crippen LogP contribution is -2.37. The number of rotatable bonds is 9. The highest BCUT2D eigenvalue weighted by atomic mass is 35.5. The first-order chi connectivity index (χ1) is 12.1. The van der Waals surface area contributed by atoms with E-state index in [1.807, 2.05) is 18.2 Å². The average molecular weight is 369 g/mol. The van der Waals surface area contributed by atoms with Crippen molar-refractivity contribution in [2.75, 3.05) is 40.5 Å². The van der Waals surface area contributed by atoms with Crippen LogP contribution in [0.1, 0.15) is 24.4 Å². The number of carbonyl (C=O) groups excluding carboxylic acids is 2. The van der Waals surface area contributed by atoms with Crippen LogP contribution in [-0.2, 0) is 19.1 Å². The van der Waals surface area contributed by atoms with Crippen molar-refractivity contribution in [1.82, 2.24) is 10.2 Å². The van der Waals surface area contributed by atoms with Gasteiger partial charge in [0.1, 0.15) is 0 Å². The molecule has 1 fully saturated rings. The zero-order valence-electron chi connectivity index (χ0n) is 14.7. The quantitative estimate of drug-likeness (QED) is 0.677. The van der Waals surface area contributed by atoms with Crippen molar-refractivity contribution in [2.24, 2.45) is 5.92 Å². The monoisotopic (exact) mass is 368 g/mol. The molecule has 0 unspecified atom stereocenters. The third kappa shape index (κ3) is 4.93. The molecular weight excluding hydrogens is 344 g/mol. The number of hydrogen-bond acceptors (Lipinski definition) is 4. The van der Waals surface area contributed by atoms with Crippen molar-refractivity contribution < 1.29 is 19.1 Å². The Kier molecular flexibility index (Phi) is 7.68. The smallest absolute Gasteiger partial charge is 0.226 e. The Labute approximate surface area is 153 Å². The maximum absolute atomic E-state index is 12.7. The van der Waals surface area contributed by atoms with Crippen LogP contribution in [0.15, 0.2) is 24.3 Å². The summed E-state index contributed by atoms with van der Waals surface area (Å²) in [7, 11) is 3.21. The summed E-state index contributed by atoms with van der Waals surface area (Å²) in [6.07, 6.45) is 0.906. The van der Waals surface area contributed by atoms with E-state index in [1.165, 1.54) is 0 Å². The molecule has 1 heterocycles. The molecule has 0 aromatic heterocycles. The fourth-order valence-electron chi connectivity index (χ4n) is 3.14. The number of ether oxygens (including phenoxy) is 2. The summed E-state index contributed by atoms with van der Waals surface area (Å²) < 4.78 is 10.1. The number of hydrogen-bond donors (Lipinski definition) is 1. The van der Waals surface area contributed by atoms with E-state index in [-0.39, 0.29) is 24.3 Å². The Morgan fingerprint density at radius 2 is 2.00 bits per heavy atom. The number of methoxy groups -OCH3 is 2. The fourth-order valence-corrected chi connectivity index (χ4v) is 3.39. The first kappa shape index (κ1) is 19.7. The largest absolute Gasteiger partial charge is 0.385 e. The standard InChI is InChI=1S/C18H25ClN2O4/c1-24-10-5-8-20-18(23)14-12-16(22)21(9-11-25-2)17(14)13-6-3-4-7-15(13)19/h3-4,6-7,14,17H,5,8-12H2,1-2H3,(H,20,23)/t14-,17+/m1/s1. The van der Waals surface area contributed by atoms with Crippen LogP contribution in [0.25, 0.3) is 0 Å². The molecule has 0 aliphatic carbocycles. The molecule has 0 bridgehead atoms. The minimum atomic E-state index is -0.466. The summed E-state index contributed by atoms with van der Waals surface area (Å²) in [4.78, 5) is 26.9. The lowest BCUT2D eigenvalue weighted by Gasteiger charge is -2.28. The van der Waals surface area contributed by atoms with Gasteiger partial charge in [0.2, 0.25) is 11.8 Å². The van der Waals surface area contributed by atoms with E-state index in [1.54, 1.807) is 25.2 Å². The van der Waals surface area contributed by atoms with Crippen LogP contribution in [0.3, 0.4) is 0 Å². The number of carbonyl (C=O) groups is 2. The van der Waals surface area contributed by atoms with Gasteiger partial charge in [-0.15, -0.1) is 0 Å². The Balaban J connectivity index is 2.20. The lowest BCUT2D eigenvalue weighted by atomic mass is 9.92. The second-order valence-corrected chi connectivity index (χ2v) is 6.40. The molecule has 0 saturated carbocycles. The number of nitrogens with zero attached hydrogens (tertiary/aromatic N) is 1. The molecule has 25 heavy (non-hydrogen) atoms. The van der Waals surface area contributed by atoms with E-state index in [0.29, 0.717) is 31.3 Å². The molecule has 2 atom stereocenters. The van der Waals surface area contributed by atoms with E-state index >= 15 is 0 Å². The third-order valence-corrected chi connectivity index (χ3v) is 4.70. The second-order valence-electron chi connectivity index (χ2n) is 5.99. The molecule has 6 nitrogen and oxygen atoms in total. The van der Waals surface area contributed by atoms with Crippen molar-refractivity contribution >= 4 is 23.4 Å². The highest BCUT2D eigenvalue weighted by molar-refractivity contribution is 6.31. The summed E-state index contributed by atoms with van der Waals surface area (Å²) >= 11 is 6.35. The number of benzene rings is 1. The van der Waals surface area contributed by atoms with Crippen molar-refractivity contribution in [2.45, 2.75) is 18.9 Å². The van der Waals surface area contributed by atoms with Crippen LogP contribution >= 0.6 is 11.6 Å². The number of amides is 2. The van der Waals surface area contributed by atoms with Crippen molar-refractivity contribution in [3.05, 3.63) is 34.9 Å². The van der Waals surface area contributed by atoms with E-state index in [4.69, 9.17) is 21.1 Å². The van der Waals surface area contributed by atoms with Crippen molar-refractivity contribution in [3.63, 3.8) is 0 Å². The fraction of sp³-hybridized carbons (Fsp3) is 0.556. The van der Waals surface area contributed by atoms with Crippen LogP contribution in [0, 0.1) is 5.92 Å². The number of nitrogens with one attached hydrogen (secondary N) is 1. The minimum Gasteiger partial charge on any atom is -0.385 e. The summed E-state index contributed by atoms with van der Waals surface area (Å²) in [5.74, 6) is -0.653. The Hall–Kier alpha value is -1.63.